The lowest BCUT2D eigenvalue weighted by Crippen LogP contribution is -2.03. The molecule has 0 bridgehead atoms. The van der Waals surface area contributed by atoms with E-state index in [-0.39, 0.29) is 22.5 Å². The Morgan fingerprint density at radius 3 is 2.62 bits per heavy atom. The number of esters is 1. The summed E-state index contributed by atoms with van der Waals surface area (Å²) in [6, 6.07) is 10.4. The van der Waals surface area contributed by atoms with E-state index in [2.05, 4.69) is 9.97 Å². The molecule has 7 nitrogen and oxygen atoms in total. The monoisotopic (exact) mass is 413 g/mol. The van der Waals surface area contributed by atoms with Crippen LogP contribution in [0.15, 0.2) is 42.5 Å². The average Bonchev–Trinajstić information content (AvgIpc) is 3.13. The van der Waals surface area contributed by atoms with Crippen LogP contribution in [0.25, 0.3) is 33.2 Å². The predicted octanol–water partition coefficient (Wildman–Crippen LogP) is 5.26. The number of nitrogens with one attached hydrogen (secondary N) is 1. The first-order chi connectivity index (χ1) is 13.9. The quantitative estimate of drug-likeness (QED) is 0.279. The summed E-state index contributed by atoms with van der Waals surface area (Å²) in [5.74, 6) is -1.18. The maximum absolute atomic E-state index is 13.8. The molecule has 2 aromatic heterocycles. The summed E-state index contributed by atoms with van der Waals surface area (Å²) in [5, 5.41) is 12.1. The van der Waals surface area contributed by atoms with Gasteiger partial charge in [0.25, 0.3) is 5.69 Å². The van der Waals surface area contributed by atoms with E-state index in [4.69, 9.17) is 16.3 Å². The molecule has 0 radical (unpaired) electrons. The van der Waals surface area contributed by atoms with Crippen molar-refractivity contribution in [2.75, 3.05) is 6.61 Å². The van der Waals surface area contributed by atoms with Crippen LogP contribution in [-0.4, -0.2) is 27.5 Å². The molecular formula is C20H13ClFN3O4. The highest BCUT2D eigenvalue weighted by molar-refractivity contribution is 6.40. The van der Waals surface area contributed by atoms with Crippen molar-refractivity contribution < 1.29 is 18.8 Å². The summed E-state index contributed by atoms with van der Waals surface area (Å²) in [6.07, 6.45) is 0. The number of H-pyrrole nitrogens is 1. The second-order valence-corrected chi connectivity index (χ2v) is 6.63. The number of rotatable bonds is 4. The van der Waals surface area contributed by atoms with Gasteiger partial charge < -0.3 is 9.72 Å². The summed E-state index contributed by atoms with van der Waals surface area (Å²) in [5.41, 5.74) is 1.68. The first-order valence-electron chi connectivity index (χ1n) is 8.62. The van der Waals surface area contributed by atoms with E-state index >= 15 is 0 Å². The lowest BCUT2D eigenvalue weighted by molar-refractivity contribution is -0.383. The molecule has 0 aliphatic carbocycles. The van der Waals surface area contributed by atoms with Crippen LogP contribution in [0.5, 0.6) is 0 Å². The number of ether oxygens (including phenoxy) is 1. The first kappa shape index (κ1) is 18.8. The fourth-order valence-electron chi connectivity index (χ4n) is 3.12. The molecule has 2 heterocycles. The highest BCUT2D eigenvalue weighted by Gasteiger charge is 2.21. The molecule has 146 valence electrons. The van der Waals surface area contributed by atoms with Gasteiger partial charge in [-0.1, -0.05) is 23.7 Å². The molecule has 0 saturated heterocycles. The molecule has 0 fully saturated rings. The van der Waals surface area contributed by atoms with Gasteiger partial charge in [-0.15, -0.1) is 0 Å². The second kappa shape index (κ2) is 7.14. The van der Waals surface area contributed by atoms with E-state index in [9.17, 15) is 19.3 Å². The van der Waals surface area contributed by atoms with Crippen molar-refractivity contribution >= 4 is 45.2 Å². The van der Waals surface area contributed by atoms with Gasteiger partial charge in [0.05, 0.1) is 28.2 Å². The first-order valence-corrected chi connectivity index (χ1v) is 9.00. The molecule has 0 spiro atoms. The molecule has 2 aromatic carbocycles. The summed E-state index contributed by atoms with van der Waals surface area (Å²) in [6.45, 7) is 2.01. The zero-order valence-electron chi connectivity index (χ0n) is 15.0. The van der Waals surface area contributed by atoms with Gasteiger partial charge in [-0.05, 0) is 36.8 Å². The number of fused-ring (bicyclic) bond motifs is 2. The van der Waals surface area contributed by atoms with Crippen molar-refractivity contribution in [1.29, 1.82) is 0 Å². The standard InChI is InChI=1S/C20H13ClFN3O4/c1-2-29-20(26)11-5-3-10(4-6-11)15-9-14-17(21)13-7-12(22)8-16(25(27)28)18(13)24-19(14)23-15/h3-9H,2H2,1H3,(H,23,24). The van der Waals surface area contributed by atoms with Gasteiger partial charge in [-0.25, -0.2) is 14.2 Å². The van der Waals surface area contributed by atoms with Crippen LogP contribution >= 0.6 is 11.6 Å². The SMILES string of the molecule is CCOC(=O)c1ccc(-c2cc3c(Cl)c4cc(F)cc([N+](=O)[O-])c4nc3[nH]2)cc1. The maximum Gasteiger partial charge on any atom is 0.338 e. The number of pyridine rings is 1. The summed E-state index contributed by atoms with van der Waals surface area (Å²) in [4.78, 5) is 29.7. The third-order valence-electron chi connectivity index (χ3n) is 4.45. The Hall–Kier alpha value is -3.52. The molecule has 0 atom stereocenters. The lowest BCUT2D eigenvalue weighted by Gasteiger charge is -2.03. The van der Waals surface area contributed by atoms with Gasteiger partial charge in [-0.3, -0.25) is 10.1 Å². The molecule has 4 rings (SSSR count). The Morgan fingerprint density at radius 2 is 1.97 bits per heavy atom. The Bertz CT molecular complexity index is 1280. The Labute approximate surface area is 168 Å². The number of benzene rings is 2. The zero-order valence-corrected chi connectivity index (χ0v) is 15.8. The van der Waals surface area contributed by atoms with Crippen LogP contribution in [0.3, 0.4) is 0 Å². The number of aromatic nitrogens is 2. The smallest absolute Gasteiger partial charge is 0.338 e. The van der Waals surface area contributed by atoms with Crippen molar-refractivity contribution in [3.63, 3.8) is 0 Å². The molecule has 9 heteroatoms. The number of hydrogen-bond donors (Lipinski definition) is 1. The fourth-order valence-corrected chi connectivity index (χ4v) is 3.41. The molecule has 29 heavy (non-hydrogen) atoms. The maximum atomic E-state index is 13.8. The van der Waals surface area contributed by atoms with Crippen molar-refractivity contribution in [2.24, 2.45) is 0 Å². The Morgan fingerprint density at radius 1 is 1.24 bits per heavy atom. The third kappa shape index (κ3) is 3.27. The van der Waals surface area contributed by atoms with E-state index in [0.29, 0.717) is 22.3 Å². The van der Waals surface area contributed by atoms with E-state index < -0.39 is 22.4 Å². The number of non-ortho nitro benzene ring substituents is 1. The number of halogens is 2. The highest BCUT2D eigenvalue weighted by Crippen LogP contribution is 2.37. The van der Waals surface area contributed by atoms with E-state index in [0.717, 1.165) is 17.7 Å². The summed E-state index contributed by atoms with van der Waals surface area (Å²) >= 11 is 6.41. The molecular weight excluding hydrogens is 401 g/mol. The number of nitro benzene ring substituents is 1. The van der Waals surface area contributed by atoms with E-state index in [1.54, 1.807) is 37.3 Å². The Kier molecular flexibility index (Phi) is 4.63. The van der Waals surface area contributed by atoms with Crippen molar-refractivity contribution in [3.05, 3.63) is 69.0 Å². The van der Waals surface area contributed by atoms with Crippen LogP contribution in [0.4, 0.5) is 10.1 Å². The molecule has 0 amide bonds. The number of nitro groups is 1. The van der Waals surface area contributed by atoms with Crippen LogP contribution in [-0.2, 0) is 4.74 Å². The molecule has 0 unspecified atom stereocenters. The van der Waals surface area contributed by atoms with Crippen molar-refractivity contribution in [2.45, 2.75) is 6.92 Å². The van der Waals surface area contributed by atoms with Gasteiger partial charge in [0, 0.05) is 16.5 Å². The topological polar surface area (TPSA) is 98.1 Å². The minimum Gasteiger partial charge on any atom is -0.462 e. The van der Waals surface area contributed by atoms with Gasteiger partial charge >= 0.3 is 5.97 Å². The third-order valence-corrected chi connectivity index (χ3v) is 4.86. The van der Waals surface area contributed by atoms with Crippen LogP contribution in [0.2, 0.25) is 5.02 Å². The normalized spacial score (nSPS) is 11.1. The minimum absolute atomic E-state index is 0.0000380. The van der Waals surface area contributed by atoms with Crippen molar-refractivity contribution in [3.8, 4) is 11.3 Å². The number of carbonyl (C=O) groups excluding carboxylic acids is 1. The average molecular weight is 414 g/mol. The second-order valence-electron chi connectivity index (χ2n) is 6.25. The number of nitrogens with zero attached hydrogens (tertiary/aromatic N) is 2. The van der Waals surface area contributed by atoms with Gasteiger partial charge in [0.1, 0.15) is 11.5 Å². The fraction of sp³-hybridized carbons (Fsp3) is 0.100. The molecule has 1 N–H and O–H groups in total. The predicted molar refractivity (Wildman–Crippen MR) is 107 cm³/mol. The van der Waals surface area contributed by atoms with Crippen LogP contribution in [0, 0.1) is 15.9 Å². The van der Waals surface area contributed by atoms with E-state index in [1.165, 1.54) is 0 Å². The zero-order chi connectivity index (χ0) is 20.7. The van der Waals surface area contributed by atoms with E-state index in [1.807, 2.05) is 0 Å². The van der Waals surface area contributed by atoms with Crippen LogP contribution < -0.4 is 0 Å². The van der Waals surface area contributed by atoms with Gasteiger partial charge in [-0.2, -0.15) is 0 Å². The summed E-state index contributed by atoms with van der Waals surface area (Å²) < 4.78 is 18.8. The van der Waals surface area contributed by atoms with Crippen LogP contribution in [0.1, 0.15) is 17.3 Å². The lowest BCUT2D eigenvalue weighted by atomic mass is 10.1. The highest BCUT2D eigenvalue weighted by atomic mass is 35.5. The minimum atomic E-state index is -0.766. The van der Waals surface area contributed by atoms with Gasteiger partial charge in [0.2, 0.25) is 0 Å². The Balaban J connectivity index is 1.85. The molecule has 0 aliphatic heterocycles. The number of carbonyl (C=O) groups is 1. The largest absolute Gasteiger partial charge is 0.462 e. The van der Waals surface area contributed by atoms with Crippen molar-refractivity contribution in [1.82, 2.24) is 9.97 Å². The number of aromatic amines is 1. The van der Waals surface area contributed by atoms with Gasteiger partial charge in [0.15, 0.2) is 5.52 Å². The molecule has 0 aliphatic rings. The summed E-state index contributed by atoms with van der Waals surface area (Å²) in [7, 11) is 0. The molecule has 4 aromatic rings. The number of hydrogen-bond acceptors (Lipinski definition) is 5. The molecule has 0 saturated carbocycles.